The number of aromatic nitrogens is 1. The molecule has 3 N–H and O–H groups in total. The van der Waals surface area contributed by atoms with Gasteiger partial charge in [0.25, 0.3) is 0 Å². The van der Waals surface area contributed by atoms with Crippen LogP contribution in [-0.4, -0.2) is 62.5 Å². The Labute approximate surface area is 170 Å². The molecule has 1 aliphatic carbocycles. The molecule has 28 heavy (non-hydrogen) atoms. The number of benzene rings is 1. The van der Waals surface area contributed by atoms with Crippen LogP contribution in [0.15, 0.2) is 29.3 Å². The molecule has 0 atom stereocenters. The van der Waals surface area contributed by atoms with E-state index in [2.05, 4.69) is 32.0 Å². The second-order valence-electron chi connectivity index (χ2n) is 7.45. The smallest absolute Gasteiger partial charge is 0.230 e. The van der Waals surface area contributed by atoms with Gasteiger partial charge >= 0.3 is 0 Å². The van der Waals surface area contributed by atoms with Crippen molar-refractivity contribution in [2.45, 2.75) is 25.7 Å². The minimum atomic E-state index is -0.305. The van der Waals surface area contributed by atoms with Crippen molar-refractivity contribution in [2.24, 2.45) is 10.4 Å². The number of hydrogen-bond acceptors (Lipinski definition) is 5. The first-order chi connectivity index (χ1) is 13.5. The van der Waals surface area contributed by atoms with Crippen molar-refractivity contribution < 1.29 is 4.79 Å². The van der Waals surface area contributed by atoms with Crippen molar-refractivity contribution in [2.75, 3.05) is 46.1 Å². The topological polar surface area (TPSA) is 81.6 Å². The number of amides is 1. The molecule has 1 fully saturated rings. The minimum Gasteiger partial charge on any atom is -0.360 e. The number of carbonyl (C=O) groups is 1. The van der Waals surface area contributed by atoms with Crippen LogP contribution in [0.3, 0.4) is 0 Å². The van der Waals surface area contributed by atoms with Crippen LogP contribution in [0.4, 0.5) is 5.13 Å². The van der Waals surface area contributed by atoms with Gasteiger partial charge in [-0.3, -0.25) is 9.79 Å². The van der Waals surface area contributed by atoms with Gasteiger partial charge in [0.15, 0.2) is 11.1 Å². The van der Waals surface area contributed by atoms with Gasteiger partial charge in [0.2, 0.25) is 5.91 Å². The third kappa shape index (κ3) is 4.73. The SMILES string of the molecule is CN=C(NCCNc1nc2ccccc2s1)NCC1(C(=O)N(C)C)CCCC1. The average Bonchev–Trinajstić information content (AvgIpc) is 3.34. The number of rotatable bonds is 7. The summed E-state index contributed by atoms with van der Waals surface area (Å²) in [5, 5.41) is 10.9. The summed E-state index contributed by atoms with van der Waals surface area (Å²) in [6, 6.07) is 8.13. The van der Waals surface area contributed by atoms with Crippen molar-refractivity contribution in [3.63, 3.8) is 0 Å². The van der Waals surface area contributed by atoms with E-state index in [9.17, 15) is 4.79 Å². The maximum atomic E-state index is 12.7. The minimum absolute atomic E-state index is 0.213. The Bertz CT molecular complexity index is 792. The van der Waals surface area contributed by atoms with Gasteiger partial charge in [-0.25, -0.2) is 4.98 Å². The summed E-state index contributed by atoms with van der Waals surface area (Å²) in [7, 11) is 5.43. The van der Waals surface area contributed by atoms with Gasteiger partial charge < -0.3 is 20.9 Å². The fourth-order valence-corrected chi connectivity index (χ4v) is 4.66. The first-order valence-electron chi connectivity index (χ1n) is 9.80. The normalized spacial score (nSPS) is 16.2. The summed E-state index contributed by atoms with van der Waals surface area (Å²) in [4.78, 5) is 23.2. The Morgan fingerprint density at radius 1 is 1.21 bits per heavy atom. The van der Waals surface area contributed by atoms with E-state index in [0.717, 1.165) is 48.8 Å². The molecule has 0 spiro atoms. The van der Waals surface area contributed by atoms with Crippen LogP contribution < -0.4 is 16.0 Å². The molecule has 0 radical (unpaired) electrons. The van der Waals surface area contributed by atoms with E-state index in [4.69, 9.17) is 0 Å². The number of para-hydroxylation sites is 1. The molecular formula is C20H30N6OS. The molecule has 1 amide bonds. The lowest BCUT2D eigenvalue weighted by atomic mass is 9.84. The molecule has 152 valence electrons. The van der Waals surface area contributed by atoms with Gasteiger partial charge in [-0.15, -0.1) is 0 Å². The van der Waals surface area contributed by atoms with Crippen molar-refractivity contribution >= 4 is 38.6 Å². The molecule has 2 aromatic rings. The molecule has 1 aromatic heterocycles. The Morgan fingerprint density at radius 2 is 1.96 bits per heavy atom. The number of guanidine groups is 1. The fourth-order valence-electron chi connectivity index (χ4n) is 3.76. The van der Waals surface area contributed by atoms with Crippen molar-refractivity contribution in [1.29, 1.82) is 0 Å². The lowest BCUT2D eigenvalue weighted by Gasteiger charge is -2.31. The lowest BCUT2D eigenvalue weighted by molar-refractivity contribution is -0.138. The number of aliphatic imine (C=N–C) groups is 1. The zero-order chi connectivity index (χ0) is 20.0. The van der Waals surface area contributed by atoms with Gasteiger partial charge in [0, 0.05) is 40.8 Å². The fraction of sp³-hybridized carbons (Fsp3) is 0.550. The Hall–Kier alpha value is -2.35. The average molecular weight is 403 g/mol. The number of hydrogen-bond donors (Lipinski definition) is 3. The first kappa shape index (κ1) is 20.4. The lowest BCUT2D eigenvalue weighted by Crippen LogP contribution is -2.49. The molecule has 1 aliphatic rings. The van der Waals surface area contributed by atoms with Crippen LogP contribution in [0.2, 0.25) is 0 Å². The molecule has 7 nitrogen and oxygen atoms in total. The number of thiazole rings is 1. The summed E-state index contributed by atoms with van der Waals surface area (Å²) in [5.41, 5.74) is 0.716. The number of nitrogens with zero attached hydrogens (tertiary/aromatic N) is 3. The van der Waals surface area contributed by atoms with Gasteiger partial charge in [0.05, 0.1) is 15.6 Å². The number of carbonyl (C=O) groups excluding carboxylic acids is 1. The highest BCUT2D eigenvalue weighted by molar-refractivity contribution is 7.22. The number of anilines is 1. The highest BCUT2D eigenvalue weighted by Gasteiger charge is 2.42. The van der Waals surface area contributed by atoms with Crippen molar-refractivity contribution in [3.05, 3.63) is 24.3 Å². The van der Waals surface area contributed by atoms with Gasteiger partial charge in [-0.2, -0.15) is 0 Å². The predicted molar refractivity (Wildman–Crippen MR) is 117 cm³/mol. The number of nitrogens with one attached hydrogen (secondary N) is 3. The quantitative estimate of drug-likeness (QED) is 0.377. The Balaban J connectivity index is 1.46. The standard InChI is InChI=1S/C20H30N6OS/c1-21-18(24-14-20(10-6-7-11-20)17(27)26(2)3)22-12-13-23-19-25-15-8-4-5-9-16(15)28-19/h4-5,8-9H,6-7,10-14H2,1-3H3,(H,23,25)(H2,21,22,24). The van der Waals surface area contributed by atoms with Crippen molar-refractivity contribution in [1.82, 2.24) is 20.5 Å². The summed E-state index contributed by atoms with van der Waals surface area (Å²) >= 11 is 1.66. The maximum absolute atomic E-state index is 12.7. The summed E-state index contributed by atoms with van der Waals surface area (Å²) in [5.74, 6) is 0.939. The molecular weight excluding hydrogens is 372 g/mol. The van der Waals surface area contributed by atoms with Crippen LogP contribution in [0, 0.1) is 5.41 Å². The summed E-state index contributed by atoms with van der Waals surface area (Å²) < 4.78 is 1.18. The third-order valence-electron chi connectivity index (χ3n) is 5.23. The van der Waals surface area contributed by atoms with Crippen LogP contribution in [0.1, 0.15) is 25.7 Å². The van der Waals surface area contributed by atoms with E-state index in [1.807, 2.05) is 32.3 Å². The first-order valence-corrected chi connectivity index (χ1v) is 10.6. The number of fused-ring (bicyclic) bond motifs is 1. The van der Waals surface area contributed by atoms with E-state index in [1.165, 1.54) is 4.70 Å². The molecule has 1 aromatic carbocycles. The Kier molecular flexibility index (Phi) is 6.72. The monoisotopic (exact) mass is 402 g/mol. The zero-order valence-electron chi connectivity index (χ0n) is 16.9. The van der Waals surface area contributed by atoms with Gasteiger partial charge in [-0.05, 0) is 25.0 Å². The third-order valence-corrected chi connectivity index (χ3v) is 6.22. The molecule has 0 aliphatic heterocycles. The van der Waals surface area contributed by atoms with E-state index in [1.54, 1.807) is 23.3 Å². The molecule has 3 rings (SSSR count). The van der Waals surface area contributed by atoms with Crippen LogP contribution >= 0.6 is 11.3 Å². The molecule has 0 bridgehead atoms. The second kappa shape index (κ2) is 9.23. The molecule has 0 saturated heterocycles. The highest BCUT2D eigenvalue weighted by atomic mass is 32.1. The predicted octanol–water partition coefficient (Wildman–Crippen LogP) is 2.52. The Morgan fingerprint density at radius 3 is 2.64 bits per heavy atom. The largest absolute Gasteiger partial charge is 0.360 e. The summed E-state index contributed by atoms with van der Waals surface area (Å²) in [6.07, 6.45) is 4.10. The highest BCUT2D eigenvalue weighted by Crippen LogP contribution is 2.38. The second-order valence-corrected chi connectivity index (χ2v) is 8.48. The molecule has 0 unspecified atom stereocenters. The van der Waals surface area contributed by atoms with Crippen LogP contribution in [0.5, 0.6) is 0 Å². The van der Waals surface area contributed by atoms with E-state index >= 15 is 0 Å². The molecule has 1 heterocycles. The van der Waals surface area contributed by atoms with E-state index < -0.39 is 0 Å². The van der Waals surface area contributed by atoms with Crippen LogP contribution in [0.25, 0.3) is 10.2 Å². The molecule has 1 saturated carbocycles. The van der Waals surface area contributed by atoms with Crippen molar-refractivity contribution in [3.8, 4) is 0 Å². The van der Waals surface area contributed by atoms with Gasteiger partial charge in [-0.1, -0.05) is 36.3 Å². The van der Waals surface area contributed by atoms with E-state index in [0.29, 0.717) is 13.1 Å². The van der Waals surface area contributed by atoms with E-state index in [-0.39, 0.29) is 11.3 Å². The maximum Gasteiger partial charge on any atom is 0.230 e. The summed E-state index contributed by atoms with van der Waals surface area (Å²) in [6.45, 7) is 2.07. The van der Waals surface area contributed by atoms with Gasteiger partial charge in [0.1, 0.15) is 0 Å². The zero-order valence-corrected chi connectivity index (χ0v) is 17.7. The molecule has 8 heteroatoms. The van der Waals surface area contributed by atoms with Crippen LogP contribution in [-0.2, 0) is 4.79 Å².